The van der Waals surface area contributed by atoms with Crippen LogP contribution in [0.25, 0.3) is 0 Å². The standard InChI is InChI=1S/C14H22FN3OS/c1-16-14(17-6-7-20-3)18-9-11-4-5-13(15)12(8-11)10-19-2/h4-5,8H,6-7,9-10H2,1-3H3,(H2,16,17,18). The number of halogens is 1. The molecule has 0 aliphatic heterocycles. The number of aliphatic imine (C=N–C) groups is 1. The highest BCUT2D eigenvalue weighted by atomic mass is 32.2. The van der Waals surface area contributed by atoms with Crippen molar-refractivity contribution in [3.8, 4) is 0 Å². The lowest BCUT2D eigenvalue weighted by Crippen LogP contribution is -2.37. The molecule has 0 heterocycles. The first-order valence-corrected chi connectivity index (χ1v) is 7.80. The molecule has 1 aromatic rings. The monoisotopic (exact) mass is 299 g/mol. The number of nitrogens with one attached hydrogen (secondary N) is 2. The molecule has 112 valence electrons. The van der Waals surface area contributed by atoms with Crippen LogP contribution in [-0.2, 0) is 17.9 Å². The first kappa shape index (κ1) is 16.8. The highest BCUT2D eigenvalue weighted by Crippen LogP contribution is 2.11. The summed E-state index contributed by atoms with van der Waals surface area (Å²) in [5, 5.41) is 6.41. The Morgan fingerprint density at radius 3 is 2.85 bits per heavy atom. The maximum atomic E-state index is 13.5. The largest absolute Gasteiger partial charge is 0.380 e. The van der Waals surface area contributed by atoms with Crippen LogP contribution in [0.3, 0.4) is 0 Å². The van der Waals surface area contributed by atoms with Crippen LogP contribution in [0.15, 0.2) is 23.2 Å². The predicted octanol–water partition coefficient (Wildman–Crippen LogP) is 2.00. The average Bonchev–Trinajstić information content (AvgIpc) is 2.46. The van der Waals surface area contributed by atoms with Crippen molar-refractivity contribution in [1.29, 1.82) is 0 Å². The highest BCUT2D eigenvalue weighted by Gasteiger charge is 2.04. The van der Waals surface area contributed by atoms with E-state index in [1.54, 1.807) is 38.1 Å². The maximum Gasteiger partial charge on any atom is 0.191 e. The molecule has 0 unspecified atom stereocenters. The number of nitrogens with zero attached hydrogens (tertiary/aromatic N) is 1. The van der Waals surface area contributed by atoms with Crippen LogP contribution in [-0.4, -0.2) is 38.7 Å². The van der Waals surface area contributed by atoms with Gasteiger partial charge in [-0.2, -0.15) is 11.8 Å². The number of methoxy groups -OCH3 is 1. The van der Waals surface area contributed by atoms with Crippen molar-refractivity contribution in [3.63, 3.8) is 0 Å². The number of thioether (sulfide) groups is 1. The fourth-order valence-corrected chi connectivity index (χ4v) is 1.99. The van der Waals surface area contributed by atoms with Crippen LogP contribution >= 0.6 is 11.8 Å². The van der Waals surface area contributed by atoms with Crippen molar-refractivity contribution in [2.75, 3.05) is 32.7 Å². The summed E-state index contributed by atoms with van der Waals surface area (Å²) in [5.41, 5.74) is 1.56. The molecule has 0 saturated heterocycles. The fourth-order valence-electron chi connectivity index (χ4n) is 1.68. The maximum absolute atomic E-state index is 13.5. The third-order valence-corrected chi connectivity index (χ3v) is 3.30. The van der Waals surface area contributed by atoms with Gasteiger partial charge in [0.1, 0.15) is 5.82 Å². The van der Waals surface area contributed by atoms with Crippen molar-refractivity contribution in [1.82, 2.24) is 10.6 Å². The zero-order valence-electron chi connectivity index (χ0n) is 12.2. The summed E-state index contributed by atoms with van der Waals surface area (Å²) >= 11 is 1.78. The molecule has 0 aliphatic carbocycles. The van der Waals surface area contributed by atoms with Gasteiger partial charge in [-0.15, -0.1) is 0 Å². The van der Waals surface area contributed by atoms with Crippen LogP contribution in [0.4, 0.5) is 4.39 Å². The van der Waals surface area contributed by atoms with Gasteiger partial charge in [-0.3, -0.25) is 4.99 Å². The first-order chi connectivity index (χ1) is 9.71. The summed E-state index contributed by atoms with van der Waals surface area (Å²) in [6.07, 6.45) is 2.06. The van der Waals surface area contributed by atoms with Gasteiger partial charge in [0.05, 0.1) is 6.61 Å². The van der Waals surface area contributed by atoms with Crippen LogP contribution in [0.1, 0.15) is 11.1 Å². The lowest BCUT2D eigenvalue weighted by molar-refractivity contribution is 0.181. The minimum atomic E-state index is -0.238. The molecule has 1 rings (SSSR count). The third kappa shape index (κ3) is 5.79. The minimum Gasteiger partial charge on any atom is -0.380 e. The van der Waals surface area contributed by atoms with Crippen LogP contribution < -0.4 is 10.6 Å². The second-order valence-electron chi connectivity index (χ2n) is 4.20. The molecule has 20 heavy (non-hydrogen) atoms. The molecule has 6 heteroatoms. The van der Waals surface area contributed by atoms with Gasteiger partial charge in [0.15, 0.2) is 5.96 Å². The molecule has 0 amide bonds. The average molecular weight is 299 g/mol. The quantitative estimate of drug-likeness (QED) is 0.459. The van der Waals surface area contributed by atoms with Gasteiger partial charge in [-0.1, -0.05) is 6.07 Å². The molecular formula is C14H22FN3OS. The van der Waals surface area contributed by atoms with Gasteiger partial charge < -0.3 is 15.4 Å². The molecule has 0 atom stereocenters. The van der Waals surface area contributed by atoms with E-state index >= 15 is 0 Å². The highest BCUT2D eigenvalue weighted by molar-refractivity contribution is 7.98. The minimum absolute atomic E-state index is 0.238. The number of benzene rings is 1. The van der Waals surface area contributed by atoms with Gasteiger partial charge in [0.2, 0.25) is 0 Å². The van der Waals surface area contributed by atoms with E-state index in [4.69, 9.17) is 4.74 Å². The molecule has 0 radical (unpaired) electrons. The molecule has 0 aliphatic rings. The summed E-state index contributed by atoms with van der Waals surface area (Å²) < 4.78 is 18.5. The third-order valence-electron chi connectivity index (χ3n) is 2.69. The van der Waals surface area contributed by atoms with Gasteiger partial charge in [0, 0.05) is 38.6 Å². The summed E-state index contributed by atoms with van der Waals surface area (Å²) in [5.74, 6) is 1.53. The summed E-state index contributed by atoms with van der Waals surface area (Å²) in [6.45, 7) is 1.73. The van der Waals surface area contributed by atoms with Gasteiger partial charge in [0.25, 0.3) is 0 Å². The molecular weight excluding hydrogens is 277 g/mol. The molecule has 0 fully saturated rings. The topological polar surface area (TPSA) is 45.7 Å². The van der Waals surface area contributed by atoms with Gasteiger partial charge >= 0.3 is 0 Å². The SMILES string of the molecule is CN=C(NCCSC)NCc1ccc(F)c(COC)c1. The number of rotatable bonds is 7. The Bertz CT molecular complexity index is 440. The predicted molar refractivity (Wildman–Crippen MR) is 83.7 cm³/mol. The Morgan fingerprint density at radius 2 is 2.20 bits per heavy atom. The van der Waals surface area contributed by atoms with Crippen molar-refractivity contribution in [2.45, 2.75) is 13.2 Å². The zero-order valence-corrected chi connectivity index (χ0v) is 13.0. The van der Waals surface area contributed by atoms with E-state index in [1.165, 1.54) is 6.07 Å². The van der Waals surface area contributed by atoms with Crippen LogP contribution in [0, 0.1) is 5.82 Å². The number of hydrogen-bond acceptors (Lipinski definition) is 3. The second-order valence-corrected chi connectivity index (χ2v) is 5.19. The summed E-state index contributed by atoms with van der Waals surface area (Å²) in [6, 6.07) is 5.03. The van der Waals surface area contributed by atoms with Crippen molar-refractivity contribution >= 4 is 17.7 Å². The van der Waals surface area contributed by atoms with E-state index in [0.717, 1.165) is 23.8 Å². The smallest absolute Gasteiger partial charge is 0.191 e. The second kappa shape index (κ2) is 9.61. The number of guanidine groups is 1. The lowest BCUT2D eigenvalue weighted by Gasteiger charge is -2.12. The van der Waals surface area contributed by atoms with E-state index in [0.29, 0.717) is 12.1 Å². The normalized spacial score (nSPS) is 11.5. The van der Waals surface area contributed by atoms with Crippen molar-refractivity contribution in [3.05, 3.63) is 35.1 Å². The first-order valence-electron chi connectivity index (χ1n) is 6.41. The Balaban J connectivity index is 2.53. The molecule has 0 aromatic heterocycles. The number of ether oxygens (including phenoxy) is 1. The Hall–Kier alpha value is -1.27. The zero-order chi connectivity index (χ0) is 14.8. The number of hydrogen-bond donors (Lipinski definition) is 2. The van der Waals surface area contributed by atoms with Crippen molar-refractivity contribution < 1.29 is 9.13 Å². The molecule has 1 aromatic carbocycles. The van der Waals surface area contributed by atoms with E-state index in [9.17, 15) is 4.39 Å². The molecule has 2 N–H and O–H groups in total. The van der Waals surface area contributed by atoms with E-state index < -0.39 is 0 Å². The van der Waals surface area contributed by atoms with Crippen LogP contribution in [0.5, 0.6) is 0 Å². The molecule has 0 saturated carbocycles. The lowest BCUT2D eigenvalue weighted by atomic mass is 10.1. The van der Waals surface area contributed by atoms with Crippen LogP contribution in [0.2, 0.25) is 0 Å². The summed E-state index contributed by atoms with van der Waals surface area (Å²) in [7, 11) is 3.29. The Morgan fingerprint density at radius 1 is 1.40 bits per heavy atom. The molecule has 0 bridgehead atoms. The fraction of sp³-hybridized carbons (Fsp3) is 0.500. The summed E-state index contributed by atoms with van der Waals surface area (Å²) in [4.78, 5) is 4.14. The van der Waals surface area contributed by atoms with E-state index in [-0.39, 0.29) is 12.4 Å². The van der Waals surface area contributed by atoms with Gasteiger partial charge in [-0.05, 0) is 24.0 Å². The van der Waals surface area contributed by atoms with E-state index in [1.807, 2.05) is 0 Å². The Labute approximate surface area is 124 Å². The van der Waals surface area contributed by atoms with E-state index in [2.05, 4.69) is 21.9 Å². The molecule has 0 spiro atoms. The van der Waals surface area contributed by atoms with Gasteiger partial charge in [-0.25, -0.2) is 4.39 Å². The van der Waals surface area contributed by atoms with Crippen molar-refractivity contribution in [2.24, 2.45) is 4.99 Å². The Kier molecular flexibility index (Phi) is 8.06. The molecule has 4 nitrogen and oxygen atoms in total.